The van der Waals surface area contributed by atoms with Gasteiger partial charge < -0.3 is 10.6 Å². The van der Waals surface area contributed by atoms with E-state index >= 15 is 0 Å². The van der Waals surface area contributed by atoms with Crippen LogP contribution in [0.2, 0.25) is 0 Å². The minimum Gasteiger partial charge on any atom is -0.348 e. The van der Waals surface area contributed by atoms with Crippen LogP contribution in [0.5, 0.6) is 0 Å². The van der Waals surface area contributed by atoms with Gasteiger partial charge in [-0.1, -0.05) is 41.6 Å². The lowest BCUT2D eigenvalue weighted by atomic mass is 10.1. The fourth-order valence-corrected chi connectivity index (χ4v) is 3.22. The molecule has 30 heavy (non-hydrogen) atoms. The minimum absolute atomic E-state index is 0.129. The predicted molar refractivity (Wildman–Crippen MR) is 115 cm³/mol. The summed E-state index contributed by atoms with van der Waals surface area (Å²) < 4.78 is 1.84. The number of para-hydroxylation sites is 1. The number of aromatic nitrogens is 3. The Labute approximate surface area is 173 Å². The van der Waals surface area contributed by atoms with Gasteiger partial charge in [0, 0.05) is 24.7 Å². The second-order valence-electron chi connectivity index (χ2n) is 7.00. The zero-order valence-electron chi connectivity index (χ0n) is 16.5. The van der Waals surface area contributed by atoms with Crippen LogP contribution >= 0.6 is 0 Å². The summed E-state index contributed by atoms with van der Waals surface area (Å²) in [5, 5.41) is 14.0. The molecule has 7 nitrogen and oxygen atoms in total. The van der Waals surface area contributed by atoms with Crippen molar-refractivity contribution >= 4 is 28.5 Å². The fourth-order valence-electron chi connectivity index (χ4n) is 3.22. The molecule has 2 N–H and O–H groups in total. The highest BCUT2D eigenvalue weighted by atomic mass is 16.2. The molecule has 0 bridgehead atoms. The lowest BCUT2D eigenvalue weighted by Crippen LogP contribution is -2.22. The number of hydrogen-bond acceptors (Lipinski definition) is 4. The van der Waals surface area contributed by atoms with Gasteiger partial charge in [-0.2, -0.15) is 0 Å². The number of carbonyl (C=O) groups excluding carboxylic acids is 2. The van der Waals surface area contributed by atoms with E-state index in [0.29, 0.717) is 24.3 Å². The molecule has 0 aliphatic heterocycles. The molecule has 4 rings (SSSR count). The molecule has 2 amide bonds. The van der Waals surface area contributed by atoms with E-state index in [1.54, 1.807) is 12.1 Å². The molecule has 0 unspecified atom stereocenters. The van der Waals surface area contributed by atoms with E-state index in [9.17, 15) is 9.59 Å². The minimum atomic E-state index is -0.155. The van der Waals surface area contributed by atoms with Crippen LogP contribution in [0.1, 0.15) is 28.4 Å². The number of benzene rings is 3. The number of anilines is 1. The average molecular weight is 399 g/mol. The van der Waals surface area contributed by atoms with E-state index < -0.39 is 0 Å². The van der Waals surface area contributed by atoms with E-state index in [1.807, 2.05) is 65.3 Å². The van der Waals surface area contributed by atoms with Gasteiger partial charge in [-0.05, 0) is 47.5 Å². The molecule has 0 fully saturated rings. The van der Waals surface area contributed by atoms with Crippen molar-refractivity contribution in [2.24, 2.45) is 0 Å². The molecule has 0 aliphatic rings. The normalized spacial score (nSPS) is 10.7. The first-order valence-corrected chi connectivity index (χ1v) is 9.60. The lowest BCUT2D eigenvalue weighted by molar-refractivity contribution is -0.114. The van der Waals surface area contributed by atoms with Crippen LogP contribution < -0.4 is 10.6 Å². The molecule has 1 aromatic heterocycles. The molecule has 0 saturated heterocycles. The summed E-state index contributed by atoms with van der Waals surface area (Å²) in [4.78, 5) is 23.7. The topological polar surface area (TPSA) is 88.9 Å². The number of nitrogens with zero attached hydrogens (tertiary/aromatic N) is 3. The van der Waals surface area contributed by atoms with E-state index in [2.05, 4.69) is 20.9 Å². The Morgan fingerprint density at radius 1 is 0.933 bits per heavy atom. The summed E-state index contributed by atoms with van der Waals surface area (Å²) in [7, 11) is 0. The monoisotopic (exact) mass is 399 g/mol. The van der Waals surface area contributed by atoms with Gasteiger partial charge >= 0.3 is 0 Å². The summed E-state index contributed by atoms with van der Waals surface area (Å²) >= 11 is 0. The molecule has 0 spiro atoms. The molecule has 0 radical (unpaired) electrons. The number of nitrogens with one attached hydrogen (secondary N) is 2. The largest absolute Gasteiger partial charge is 0.348 e. The van der Waals surface area contributed by atoms with Crippen LogP contribution in [0.4, 0.5) is 5.69 Å². The van der Waals surface area contributed by atoms with Gasteiger partial charge in [0.15, 0.2) is 0 Å². The van der Waals surface area contributed by atoms with Gasteiger partial charge in [0.25, 0.3) is 5.91 Å². The Kier molecular flexibility index (Phi) is 5.52. The maximum Gasteiger partial charge on any atom is 0.251 e. The van der Waals surface area contributed by atoms with Gasteiger partial charge in [0.1, 0.15) is 5.52 Å². The standard InChI is InChI=1S/C23H21N5O2/c1-16(29)25-20-6-4-5-18(13-20)14-24-23(30)19-11-9-17(10-12-19)15-28-22-8-3-2-7-21(22)26-27-28/h2-13H,14-15H2,1H3,(H,24,30)(H,25,29). The molecule has 7 heteroatoms. The number of carbonyl (C=O) groups is 2. The van der Waals surface area contributed by atoms with Crippen molar-refractivity contribution in [3.05, 3.63) is 89.5 Å². The fraction of sp³-hybridized carbons (Fsp3) is 0.130. The van der Waals surface area contributed by atoms with E-state index in [1.165, 1.54) is 6.92 Å². The van der Waals surface area contributed by atoms with Crippen LogP contribution in [0.25, 0.3) is 11.0 Å². The van der Waals surface area contributed by atoms with Crippen LogP contribution in [-0.4, -0.2) is 26.8 Å². The van der Waals surface area contributed by atoms with Crippen LogP contribution in [-0.2, 0) is 17.9 Å². The molecule has 4 aromatic rings. The summed E-state index contributed by atoms with van der Waals surface area (Å²) in [6.07, 6.45) is 0. The highest BCUT2D eigenvalue weighted by molar-refractivity contribution is 5.94. The summed E-state index contributed by atoms with van der Waals surface area (Å²) in [6, 6.07) is 22.6. The smallest absolute Gasteiger partial charge is 0.251 e. The maximum absolute atomic E-state index is 12.5. The number of fused-ring (bicyclic) bond motifs is 1. The molecule has 0 atom stereocenters. The highest BCUT2D eigenvalue weighted by Gasteiger charge is 2.08. The Morgan fingerprint density at radius 2 is 1.73 bits per heavy atom. The van der Waals surface area contributed by atoms with Crippen molar-refractivity contribution in [3.8, 4) is 0 Å². The van der Waals surface area contributed by atoms with Crippen LogP contribution in [0.15, 0.2) is 72.8 Å². The maximum atomic E-state index is 12.5. The Morgan fingerprint density at radius 3 is 2.53 bits per heavy atom. The van der Waals surface area contributed by atoms with Crippen LogP contribution in [0, 0.1) is 0 Å². The zero-order chi connectivity index (χ0) is 20.9. The van der Waals surface area contributed by atoms with Crippen molar-refractivity contribution in [2.75, 3.05) is 5.32 Å². The molecule has 150 valence electrons. The quantitative estimate of drug-likeness (QED) is 0.520. The highest BCUT2D eigenvalue weighted by Crippen LogP contribution is 2.14. The van der Waals surface area contributed by atoms with Crippen molar-refractivity contribution < 1.29 is 9.59 Å². The van der Waals surface area contributed by atoms with Crippen molar-refractivity contribution in [1.82, 2.24) is 20.3 Å². The summed E-state index contributed by atoms with van der Waals surface area (Å²) in [6.45, 7) is 2.42. The first kappa shape index (κ1) is 19.3. The Balaban J connectivity index is 1.38. The van der Waals surface area contributed by atoms with Gasteiger partial charge in [0.2, 0.25) is 5.91 Å². The second-order valence-corrected chi connectivity index (χ2v) is 7.00. The van der Waals surface area contributed by atoms with Crippen molar-refractivity contribution in [1.29, 1.82) is 0 Å². The van der Waals surface area contributed by atoms with E-state index in [0.717, 1.165) is 22.2 Å². The molecule has 3 aromatic carbocycles. The van der Waals surface area contributed by atoms with E-state index in [4.69, 9.17) is 0 Å². The number of amides is 2. The van der Waals surface area contributed by atoms with Gasteiger partial charge in [-0.25, -0.2) is 4.68 Å². The molecule has 1 heterocycles. The zero-order valence-corrected chi connectivity index (χ0v) is 16.5. The molecule has 0 saturated carbocycles. The first-order valence-electron chi connectivity index (χ1n) is 9.60. The van der Waals surface area contributed by atoms with Gasteiger partial charge in [-0.15, -0.1) is 5.10 Å². The SMILES string of the molecule is CC(=O)Nc1cccc(CNC(=O)c2ccc(Cn3nnc4ccccc43)cc2)c1. The third-order valence-electron chi connectivity index (χ3n) is 4.67. The number of hydrogen-bond donors (Lipinski definition) is 2. The average Bonchev–Trinajstić information content (AvgIpc) is 3.15. The van der Waals surface area contributed by atoms with Crippen LogP contribution in [0.3, 0.4) is 0 Å². The molecule has 0 aliphatic carbocycles. The Bertz CT molecular complexity index is 1200. The number of rotatable bonds is 6. The summed E-state index contributed by atoms with van der Waals surface area (Å²) in [5.41, 5.74) is 5.06. The van der Waals surface area contributed by atoms with Crippen molar-refractivity contribution in [2.45, 2.75) is 20.0 Å². The van der Waals surface area contributed by atoms with E-state index in [-0.39, 0.29) is 11.8 Å². The third kappa shape index (κ3) is 4.52. The second kappa shape index (κ2) is 8.57. The van der Waals surface area contributed by atoms with Gasteiger partial charge in [-0.3, -0.25) is 9.59 Å². The predicted octanol–water partition coefficient (Wildman–Crippen LogP) is 3.37. The van der Waals surface area contributed by atoms with Crippen molar-refractivity contribution in [3.63, 3.8) is 0 Å². The third-order valence-corrected chi connectivity index (χ3v) is 4.67. The summed E-state index contributed by atoms with van der Waals surface area (Å²) in [5.74, 6) is -0.284. The first-order chi connectivity index (χ1) is 14.6. The van der Waals surface area contributed by atoms with Gasteiger partial charge in [0.05, 0.1) is 12.1 Å². The molecular formula is C23H21N5O2. The lowest BCUT2D eigenvalue weighted by Gasteiger charge is -2.09. The Hall–Kier alpha value is -4.00. The molecular weight excluding hydrogens is 378 g/mol.